The van der Waals surface area contributed by atoms with Gasteiger partial charge in [0.05, 0.1) is 5.56 Å². The minimum atomic E-state index is -1.13. The smallest absolute Gasteiger partial charge is 0.326 e. The number of carboxylic acid groups (broad SMARTS) is 1. The molecule has 0 saturated carbocycles. The molecule has 0 heterocycles. The summed E-state index contributed by atoms with van der Waals surface area (Å²) in [6.07, 6.45) is 0.593. The first-order valence-electron chi connectivity index (χ1n) is 5.86. The van der Waals surface area contributed by atoms with E-state index in [1.54, 1.807) is 6.92 Å². The van der Waals surface area contributed by atoms with E-state index in [2.05, 4.69) is 21.2 Å². The molecule has 0 saturated heterocycles. The number of aliphatic carboxylic acids is 1. The number of nitrogens with one attached hydrogen (secondary N) is 1. The third-order valence-corrected chi connectivity index (χ3v) is 3.62. The van der Waals surface area contributed by atoms with Crippen LogP contribution in [0.25, 0.3) is 0 Å². The predicted molar refractivity (Wildman–Crippen MR) is 72.4 cm³/mol. The molecule has 1 aromatic carbocycles. The van der Waals surface area contributed by atoms with Gasteiger partial charge in [-0.05, 0) is 34.0 Å². The lowest BCUT2D eigenvalue weighted by Gasteiger charge is -2.20. The fourth-order valence-electron chi connectivity index (χ4n) is 1.61. The van der Waals surface area contributed by atoms with Crippen molar-refractivity contribution in [2.75, 3.05) is 0 Å². The summed E-state index contributed by atoms with van der Waals surface area (Å²) in [5, 5.41) is 11.4. The molecule has 0 aliphatic carbocycles. The van der Waals surface area contributed by atoms with Crippen molar-refractivity contribution in [2.24, 2.45) is 5.92 Å². The van der Waals surface area contributed by atoms with E-state index in [1.165, 1.54) is 12.1 Å². The highest BCUT2D eigenvalue weighted by Crippen LogP contribution is 2.20. The molecule has 0 aliphatic heterocycles. The summed E-state index contributed by atoms with van der Waals surface area (Å²) in [5.74, 6) is -2.81. The van der Waals surface area contributed by atoms with E-state index >= 15 is 0 Å². The highest BCUT2D eigenvalue weighted by atomic mass is 79.9. The van der Waals surface area contributed by atoms with E-state index < -0.39 is 23.7 Å². The maximum Gasteiger partial charge on any atom is 0.326 e. The number of amides is 1. The Balaban J connectivity index is 2.98. The highest BCUT2D eigenvalue weighted by Gasteiger charge is 2.27. The number of halogens is 2. The van der Waals surface area contributed by atoms with Gasteiger partial charge in [-0.2, -0.15) is 0 Å². The molecular weight excluding hydrogens is 317 g/mol. The molecule has 1 unspecified atom stereocenters. The molecule has 0 spiro atoms. The zero-order valence-corrected chi connectivity index (χ0v) is 12.2. The third kappa shape index (κ3) is 3.76. The first-order valence-corrected chi connectivity index (χ1v) is 6.65. The predicted octanol–water partition coefficient (Wildman–Crippen LogP) is 2.82. The van der Waals surface area contributed by atoms with Crippen molar-refractivity contribution in [3.63, 3.8) is 0 Å². The van der Waals surface area contributed by atoms with E-state index in [0.29, 0.717) is 10.9 Å². The van der Waals surface area contributed by atoms with Crippen LogP contribution in [0.5, 0.6) is 0 Å². The van der Waals surface area contributed by atoms with Gasteiger partial charge in [-0.1, -0.05) is 26.3 Å². The number of carboxylic acids is 1. The Kier molecular flexibility index (Phi) is 5.47. The Labute approximate surface area is 119 Å². The summed E-state index contributed by atoms with van der Waals surface area (Å²) in [6.45, 7) is 3.54. The summed E-state index contributed by atoms with van der Waals surface area (Å²) >= 11 is 3.08. The lowest BCUT2D eigenvalue weighted by atomic mass is 9.99. The first kappa shape index (κ1) is 15.6. The van der Waals surface area contributed by atoms with Gasteiger partial charge in [0.2, 0.25) is 0 Å². The Morgan fingerprint density at radius 2 is 2.11 bits per heavy atom. The zero-order chi connectivity index (χ0) is 14.6. The van der Waals surface area contributed by atoms with Crippen molar-refractivity contribution in [3.05, 3.63) is 34.1 Å². The second-order valence-electron chi connectivity index (χ2n) is 4.27. The topological polar surface area (TPSA) is 66.4 Å². The second kappa shape index (κ2) is 6.65. The standard InChI is InChI=1S/C13H15BrFNO3/c1-3-7(2)11(13(18)19)16-12(17)10-8(14)5-4-6-9(10)15/h4-7,11H,3H2,1-2H3,(H,16,17)(H,18,19)/t7?,11-/m0/s1. The minimum Gasteiger partial charge on any atom is -0.480 e. The van der Waals surface area contributed by atoms with E-state index in [9.17, 15) is 14.0 Å². The molecule has 2 atom stereocenters. The Morgan fingerprint density at radius 3 is 2.58 bits per heavy atom. The minimum absolute atomic E-state index is 0.183. The SMILES string of the molecule is CCC(C)[C@H](NC(=O)c1c(F)cccc1Br)C(=O)O. The molecule has 1 rings (SSSR count). The quantitative estimate of drug-likeness (QED) is 0.871. The molecule has 6 heteroatoms. The average Bonchev–Trinajstić information content (AvgIpc) is 2.34. The molecule has 19 heavy (non-hydrogen) atoms. The lowest BCUT2D eigenvalue weighted by molar-refractivity contribution is -0.140. The van der Waals surface area contributed by atoms with Gasteiger partial charge in [0.25, 0.3) is 5.91 Å². The van der Waals surface area contributed by atoms with Crippen molar-refractivity contribution in [1.82, 2.24) is 5.32 Å². The second-order valence-corrected chi connectivity index (χ2v) is 5.13. The van der Waals surface area contributed by atoms with E-state index in [4.69, 9.17) is 5.11 Å². The Morgan fingerprint density at radius 1 is 1.47 bits per heavy atom. The van der Waals surface area contributed by atoms with Crippen LogP contribution < -0.4 is 5.32 Å². The van der Waals surface area contributed by atoms with Crippen LogP contribution in [0.3, 0.4) is 0 Å². The largest absolute Gasteiger partial charge is 0.480 e. The molecule has 1 amide bonds. The normalized spacial score (nSPS) is 13.7. The van der Waals surface area contributed by atoms with Crippen LogP contribution in [-0.2, 0) is 4.79 Å². The van der Waals surface area contributed by atoms with Gasteiger partial charge in [0.1, 0.15) is 11.9 Å². The van der Waals surface area contributed by atoms with Crippen LogP contribution >= 0.6 is 15.9 Å². The van der Waals surface area contributed by atoms with Gasteiger partial charge in [0, 0.05) is 4.47 Å². The van der Waals surface area contributed by atoms with Gasteiger partial charge in [-0.25, -0.2) is 9.18 Å². The summed E-state index contributed by atoms with van der Waals surface area (Å²) in [4.78, 5) is 23.1. The molecular formula is C13H15BrFNO3. The molecule has 104 valence electrons. The maximum absolute atomic E-state index is 13.6. The summed E-state index contributed by atoms with van der Waals surface area (Å²) in [6, 6.07) is 3.10. The van der Waals surface area contributed by atoms with Crippen molar-refractivity contribution in [1.29, 1.82) is 0 Å². The van der Waals surface area contributed by atoms with E-state index in [0.717, 1.165) is 6.07 Å². The molecule has 4 nitrogen and oxygen atoms in total. The lowest BCUT2D eigenvalue weighted by Crippen LogP contribution is -2.45. The van der Waals surface area contributed by atoms with Crippen molar-refractivity contribution < 1.29 is 19.1 Å². The highest BCUT2D eigenvalue weighted by molar-refractivity contribution is 9.10. The number of carbonyl (C=O) groups is 2. The monoisotopic (exact) mass is 331 g/mol. The number of carbonyl (C=O) groups excluding carboxylic acids is 1. The van der Waals surface area contributed by atoms with Gasteiger partial charge in [0.15, 0.2) is 0 Å². The number of benzene rings is 1. The molecule has 0 bridgehead atoms. The number of hydrogen-bond acceptors (Lipinski definition) is 2. The van der Waals surface area contributed by atoms with Gasteiger partial charge < -0.3 is 10.4 Å². The fraction of sp³-hybridized carbons (Fsp3) is 0.385. The first-order chi connectivity index (χ1) is 8.88. The van der Waals surface area contributed by atoms with Crippen LogP contribution in [0.4, 0.5) is 4.39 Å². The Bertz CT molecular complexity index is 473. The van der Waals surface area contributed by atoms with E-state index in [-0.39, 0.29) is 11.5 Å². The molecule has 0 aliphatic rings. The van der Waals surface area contributed by atoms with Crippen LogP contribution in [-0.4, -0.2) is 23.0 Å². The third-order valence-electron chi connectivity index (χ3n) is 2.96. The van der Waals surface area contributed by atoms with Crippen molar-refractivity contribution in [2.45, 2.75) is 26.3 Å². The van der Waals surface area contributed by atoms with Crippen LogP contribution in [0.2, 0.25) is 0 Å². The van der Waals surface area contributed by atoms with Crippen LogP contribution in [0.15, 0.2) is 22.7 Å². The molecule has 2 N–H and O–H groups in total. The maximum atomic E-state index is 13.6. The van der Waals surface area contributed by atoms with Gasteiger partial charge in [-0.15, -0.1) is 0 Å². The molecule has 0 fully saturated rings. The Hall–Kier alpha value is -1.43. The van der Waals surface area contributed by atoms with Crippen LogP contribution in [0, 0.1) is 11.7 Å². The number of rotatable bonds is 5. The van der Waals surface area contributed by atoms with Crippen LogP contribution in [0.1, 0.15) is 30.6 Å². The summed E-state index contributed by atoms with van der Waals surface area (Å²) < 4.78 is 13.9. The van der Waals surface area contributed by atoms with Gasteiger partial charge in [-0.3, -0.25) is 4.79 Å². The van der Waals surface area contributed by atoms with Crippen molar-refractivity contribution in [3.8, 4) is 0 Å². The molecule has 1 aromatic rings. The molecule has 0 aromatic heterocycles. The number of hydrogen-bond donors (Lipinski definition) is 2. The summed E-state index contributed by atoms with van der Waals surface area (Å²) in [5.41, 5.74) is -0.183. The molecule has 0 radical (unpaired) electrons. The van der Waals surface area contributed by atoms with Crippen molar-refractivity contribution >= 4 is 27.8 Å². The van der Waals surface area contributed by atoms with E-state index in [1.807, 2.05) is 6.92 Å². The van der Waals surface area contributed by atoms with Gasteiger partial charge >= 0.3 is 5.97 Å². The zero-order valence-electron chi connectivity index (χ0n) is 10.6. The summed E-state index contributed by atoms with van der Waals surface area (Å²) in [7, 11) is 0. The fourth-order valence-corrected chi connectivity index (χ4v) is 2.13. The average molecular weight is 332 g/mol.